The van der Waals surface area contributed by atoms with Crippen LogP contribution in [0, 0.1) is 17.0 Å². The Morgan fingerprint density at radius 1 is 1.19 bits per heavy atom. The highest BCUT2D eigenvalue weighted by Crippen LogP contribution is 2.33. The fraction of sp³-hybridized carbons (Fsp3) is 0.136. The van der Waals surface area contributed by atoms with Crippen molar-refractivity contribution in [2.75, 3.05) is 11.9 Å². The van der Waals surface area contributed by atoms with Crippen LogP contribution < -0.4 is 15.4 Å². The Bertz CT molecular complexity index is 1150. The first-order valence-electron chi connectivity index (χ1n) is 9.42. The van der Waals surface area contributed by atoms with Crippen LogP contribution in [0.5, 0.6) is 5.75 Å². The van der Waals surface area contributed by atoms with Crippen molar-refractivity contribution in [1.29, 1.82) is 5.41 Å². The molecule has 158 valence electrons. The van der Waals surface area contributed by atoms with Crippen molar-refractivity contribution >= 4 is 35.2 Å². The standard InChI is InChI=1S/C22H17ClF2N4O2/c23-19-13(10-26)21(29-20-15(24)5-3-6-16(20)25)27-11-14(19)22(30)28-17-8-9-31-18-7-2-1-4-12(17)18/h1-7,10-11,17,26H,8-9H2,(H,27,29)(H,28,30). The molecule has 6 nitrogen and oxygen atoms in total. The van der Waals surface area contributed by atoms with Gasteiger partial charge in [-0.25, -0.2) is 13.8 Å². The first-order valence-corrected chi connectivity index (χ1v) is 9.80. The summed E-state index contributed by atoms with van der Waals surface area (Å²) in [5.41, 5.74) is 0.505. The normalized spacial score (nSPS) is 14.9. The number of benzene rings is 2. The third-order valence-electron chi connectivity index (χ3n) is 4.91. The molecule has 1 unspecified atom stereocenters. The number of rotatable bonds is 5. The van der Waals surface area contributed by atoms with Crippen LogP contribution in [0.4, 0.5) is 20.3 Å². The highest BCUT2D eigenvalue weighted by molar-refractivity contribution is 6.36. The minimum Gasteiger partial charge on any atom is -0.493 e. The molecule has 9 heteroatoms. The van der Waals surface area contributed by atoms with E-state index in [1.807, 2.05) is 24.3 Å². The summed E-state index contributed by atoms with van der Waals surface area (Å²) in [5.74, 6) is -1.47. The molecule has 1 aliphatic heterocycles. The number of carbonyl (C=O) groups is 1. The largest absolute Gasteiger partial charge is 0.493 e. The van der Waals surface area contributed by atoms with Crippen molar-refractivity contribution in [3.8, 4) is 5.75 Å². The van der Waals surface area contributed by atoms with Gasteiger partial charge in [-0.3, -0.25) is 4.79 Å². The van der Waals surface area contributed by atoms with Gasteiger partial charge in [0.25, 0.3) is 5.91 Å². The number of carbonyl (C=O) groups excluding carboxylic acids is 1. The first kappa shape index (κ1) is 20.7. The summed E-state index contributed by atoms with van der Waals surface area (Å²) in [6, 6.07) is 10.5. The van der Waals surface area contributed by atoms with Crippen molar-refractivity contribution < 1.29 is 18.3 Å². The summed E-state index contributed by atoms with van der Waals surface area (Å²) >= 11 is 6.37. The molecule has 3 aromatic rings. The maximum absolute atomic E-state index is 14.0. The lowest BCUT2D eigenvalue weighted by atomic mass is 10.00. The van der Waals surface area contributed by atoms with Crippen molar-refractivity contribution in [1.82, 2.24) is 10.3 Å². The number of amides is 1. The molecule has 0 saturated carbocycles. The predicted octanol–water partition coefficient (Wildman–Crippen LogP) is 5.01. The first-order chi connectivity index (χ1) is 15.0. The smallest absolute Gasteiger partial charge is 0.254 e. The highest BCUT2D eigenvalue weighted by atomic mass is 35.5. The number of nitrogens with one attached hydrogen (secondary N) is 3. The van der Waals surface area contributed by atoms with Crippen molar-refractivity contribution in [3.05, 3.63) is 82.0 Å². The SMILES string of the molecule is N=Cc1c(Nc2c(F)cccc2F)ncc(C(=O)NC2CCOc3ccccc32)c1Cl. The van der Waals surface area contributed by atoms with Crippen LogP contribution in [0.25, 0.3) is 0 Å². The molecule has 3 N–H and O–H groups in total. The van der Waals surface area contributed by atoms with Gasteiger partial charge in [-0.15, -0.1) is 0 Å². The Morgan fingerprint density at radius 3 is 2.68 bits per heavy atom. The minimum absolute atomic E-state index is 0.0318. The molecule has 0 bridgehead atoms. The third-order valence-corrected chi connectivity index (χ3v) is 5.32. The maximum Gasteiger partial charge on any atom is 0.254 e. The van der Waals surface area contributed by atoms with Crippen molar-refractivity contribution in [2.24, 2.45) is 0 Å². The summed E-state index contributed by atoms with van der Waals surface area (Å²) < 4.78 is 33.5. The number of aromatic nitrogens is 1. The Kier molecular flexibility index (Phi) is 5.81. The van der Waals surface area contributed by atoms with Gasteiger partial charge < -0.3 is 20.8 Å². The second-order valence-electron chi connectivity index (χ2n) is 6.82. The topological polar surface area (TPSA) is 87.1 Å². The quantitative estimate of drug-likeness (QED) is 0.485. The maximum atomic E-state index is 14.0. The molecule has 1 amide bonds. The number of hydrogen-bond acceptors (Lipinski definition) is 5. The lowest BCUT2D eigenvalue weighted by Gasteiger charge is -2.26. The van der Waals surface area contributed by atoms with Crippen LogP contribution >= 0.6 is 11.6 Å². The average Bonchev–Trinajstić information content (AvgIpc) is 2.76. The molecular formula is C22H17ClF2N4O2. The van der Waals surface area contributed by atoms with E-state index in [4.69, 9.17) is 21.7 Å². The number of nitrogens with zero attached hydrogens (tertiary/aromatic N) is 1. The Balaban J connectivity index is 1.62. The summed E-state index contributed by atoms with van der Waals surface area (Å²) in [5, 5.41) is 13.0. The van der Waals surface area contributed by atoms with E-state index in [9.17, 15) is 13.6 Å². The average molecular weight is 443 g/mol. The summed E-state index contributed by atoms with van der Waals surface area (Å²) in [7, 11) is 0. The van der Waals surface area contributed by atoms with E-state index in [1.165, 1.54) is 12.3 Å². The van der Waals surface area contributed by atoms with Crippen molar-refractivity contribution in [3.63, 3.8) is 0 Å². The van der Waals surface area contributed by atoms with E-state index in [1.54, 1.807) is 0 Å². The lowest BCUT2D eigenvalue weighted by molar-refractivity contribution is 0.0924. The molecular weight excluding hydrogens is 426 g/mol. The molecule has 1 atom stereocenters. The van der Waals surface area contributed by atoms with E-state index >= 15 is 0 Å². The van der Waals surface area contributed by atoms with Crippen LogP contribution in [-0.4, -0.2) is 23.7 Å². The van der Waals surface area contributed by atoms with Gasteiger partial charge in [0, 0.05) is 24.4 Å². The molecule has 1 aromatic heterocycles. The van der Waals surface area contributed by atoms with E-state index in [-0.39, 0.29) is 28.0 Å². The molecule has 4 rings (SSSR count). The zero-order valence-electron chi connectivity index (χ0n) is 16.1. The van der Waals surface area contributed by atoms with Gasteiger partial charge in [0.15, 0.2) is 0 Å². The van der Waals surface area contributed by atoms with Gasteiger partial charge in [-0.05, 0) is 18.2 Å². The molecule has 2 heterocycles. The number of pyridine rings is 1. The van der Waals surface area contributed by atoms with Gasteiger partial charge in [0.2, 0.25) is 0 Å². The van der Waals surface area contributed by atoms with Gasteiger partial charge in [-0.1, -0.05) is 35.9 Å². The Hall–Kier alpha value is -3.52. The zero-order chi connectivity index (χ0) is 22.0. The number of fused-ring (bicyclic) bond motifs is 1. The fourth-order valence-electron chi connectivity index (χ4n) is 3.36. The molecule has 2 aromatic carbocycles. The van der Waals surface area contributed by atoms with Gasteiger partial charge in [0.1, 0.15) is 28.9 Å². The van der Waals surface area contributed by atoms with Crippen LogP contribution in [0.15, 0.2) is 48.7 Å². The van der Waals surface area contributed by atoms with Gasteiger partial charge >= 0.3 is 0 Å². The monoisotopic (exact) mass is 442 g/mol. The highest BCUT2D eigenvalue weighted by Gasteiger charge is 2.25. The number of ether oxygens (including phenoxy) is 1. The number of hydrogen-bond donors (Lipinski definition) is 3. The van der Waals surface area contributed by atoms with Crippen LogP contribution in [0.3, 0.4) is 0 Å². The van der Waals surface area contributed by atoms with Crippen LogP contribution in [0.2, 0.25) is 5.02 Å². The second kappa shape index (κ2) is 8.69. The Morgan fingerprint density at radius 2 is 1.94 bits per heavy atom. The summed E-state index contributed by atoms with van der Waals surface area (Å²) in [4.78, 5) is 17.0. The lowest BCUT2D eigenvalue weighted by Crippen LogP contribution is -2.32. The third kappa shape index (κ3) is 4.06. The molecule has 0 spiro atoms. The van der Waals surface area contributed by atoms with Crippen LogP contribution in [0.1, 0.15) is 33.9 Å². The molecule has 0 aliphatic carbocycles. The molecule has 31 heavy (non-hydrogen) atoms. The summed E-state index contributed by atoms with van der Waals surface area (Å²) in [6.07, 6.45) is 2.66. The number of anilines is 2. The van der Waals surface area contributed by atoms with E-state index in [0.29, 0.717) is 18.8 Å². The zero-order valence-corrected chi connectivity index (χ0v) is 16.8. The fourth-order valence-corrected chi connectivity index (χ4v) is 3.64. The summed E-state index contributed by atoms with van der Waals surface area (Å²) in [6.45, 7) is 0.455. The van der Waals surface area contributed by atoms with Gasteiger partial charge in [0.05, 0.1) is 28.8 Å². The number of halogens is 3. The molecule has 0 saturated heterocycles. The van der Waals surface area contributed by atoms with Crippen molar-refractivity contribution in [2.45, 2.75) is 12.5 Å². The van der Waals surface area contributed by atoms with E-state index in [2.05, 4.69) is 15.6 Å². The van der Waals surface area contributed by atoms with E-state index in [0.717, 1.165) is 23.9 Å². The molecule has 0 fully saturated rings. The van der Waals surface area contributed by atoms with E-state index < -0.39 is 23.2 Å². The molecule has 1 aliphatic rings. The van der Waals surface area contributed by atoms with Crippen LogP contribution in [-0.2, 0) is 0 Å². The molecule has 0 radical (unpaired) electrons. The second-order valence-corrected chi connectivity index (χ2v) is 7.19. The Labute approximate surface area is 181 Å². The number of para-hydroxylation sites is 2. The predicted molar refractivity (Wildman–Crippen MR) is 114 cm³/mol. The van der Waals surface area contributed by atoms with Gasteiger partial charge in [-0.2, -0.15) is 0 Å². The minimum atomic E-state index is -0.825.